The zero-order valence-corrected chi connectivity index (χ0v) is 15.0. The smallest absolute Gasteiger partial charge is 0.272 e. The Kier molecular flexibility index (Phi) is 4.61. The Labute approximate surface area is 152 Å². The topological polar surface area (TPSA) is 85.8 Å². The van der Waals surface area contributed by atoms with Gasteiger partial charge in [-0.2, -0.15) is 5.26 Å². The average Bonchev–Trinajstić information content (AvgIpc) is 2.96. The minimum Gasteiger partial charge on any atom is -0.361 e. The van der Waals surface area contributed by atoms with Gasteiger partial charge in [0.1, 0.15) is 11.9 Å². The van der Waals surface area contributed by atoms with E-state index in [1.165, 1.54) is 18.2 Å². The van der Waals surface area contributed by atoms with Crippen LogP contribution in [-0.2, 0) is 10.0 Å². The van der Waals surface area contributed by atoms with Crippen molar-refractivity contribution in [2.24, 2.45) is 0 Å². The summed E-state index contributed by atoms with van der Waals surface area (Å²) in [5.41, 5.74) is 1.55. The van der Waals surface area contributed by atoms with Crippen molar-refractivity contribution >= 4 is 48.6 Å². The molecule has 1 aromatic heterocycles. The molecule has 0 spiro atoms. The van der Waals surface area contributed by atoms with Crippen LogP contribution in [0.2, 0.25) is 0 Å². The molecule has 0 bridgehead atoms. The number of allylic oxidation sites excluding steroid dienone is 1. The number of aromatic amines is 1. The first-order valence-corrected chi connectivity index (χ1v) is 9.33. The fourth-order valence-electron chi connectivity index (χ4n) is 2.27. The van der Waals surface area contributed by atoms with Crippen LogP contribution in [0.4, 0.5) is 10.1 Å². The summed E-state index contributed by atoms with van der Waals surface area (Å²) in [6, 6.07) is 12.0. The van der Waals surface area contributed by atoms with E-state index in [1.807, 2.05) is 18.2 Å². The highest BCUT2D eigenvalue weighted by Crippen LogP contribution is 2.25. The predicted octanol–water partition coefficient (Wildman–Crippen LogP) is 4.38. The zero-order valence-electron chi connectivity index (χ0n) is 12.6. The van der Waals surface area contributed by atoms with E-state index in [2.05, 4.69) is 25.6 Å². The maximum atomic E-state index is 12.9. The molecule has 1 heterocycles. The van der Waals surface area contributed by atoms with Gasteiger partial charge in [0.05, 0.1) is 0 Å². The Hall–Kier alpha value is -2.63. The molecule has 0 atom stereocenters. The van der Waals surface area contributed by atoms with Gasteiger partial charge in [0.25, 0.3) is 10.0 Å². The summed E-state index contributed by atoms with van der Waals surface area (Å²) in [6.45, 7) is 0. The SMILES string of the molecule is N#C/C(=C\c1c[nH]c2ccc(Br)cc12)S(=O)(=O)Nc1ccc(F)cc1. The van der Waals surface area contributed by atoms with Crippen molar-refractivity contribution in [1.82, 2.24) is 4.98 Å². The van der Waals surface area contributed by atoms with Crippen LogP contribution < -0.4 is 4.72 Å². The highest BCUT2D eigenvalue weighted by atomic mass is 79.9. The lowest BCUT2D eigenvalue weighted by atomic mass is 10.1. The second-order valence-corrected chi connectivity index (χ2v) is 7.73. The first kappa shape index (κ1) is 17.2. The molecule has 0 radical (unpaired) electrons. The monoisotopic (exact) mass is 419 g/mol. The molecule has 0 aliphatic heterocycles. The minimum atomic E-state index is -4.09. The lowest BCUT2D eigenvalue weighted by Gasteiger charge is -2.06. The number of H-pyrrole nitrogens is 1. The molecule has 2 N–H and O–H groups in total. The van der Waals surface area contributed by atoms with E-state index in [1.54, 1.807) is 12.3 Å². The number of hydrogen-bond acceptors (Lipinski definition) is 3. The Bertz CT molecular complexity index is 1110. The molecule has 0 aliphatic rings. The number of rotatable bonds is 4. The summed E-state index contributed by atoms with van der Waals surface area (Å²) >= 11 is 3.36. The highest BCUT2D eigenvalue weighted by Gasteiger charge is 2.18. The first-order chi connectivity index (χ1) is 11.9. The Morgan fingerprint density at radius 2 is 1.96 bits per heavy atom. The van der Waals surface area contributed by atoms with E-state index in [-0.39, 0.29) is 5.69 Å². The van der Waals surface area contributed by atoms with Gasteiger partial charge in [0.2, 0.25) is 0 Å². The molecule has 0 amide bonds. The predicted molar refractivity (Wildman–Crippen MR) is 98.5 cm³/mol. The zero-order chi connectivity index (χ0) is 18.0. The molecule has 5 nitrogen and oxygen atoms in total. The van der Waals surface area contributed by atoms with E-state index in [9.17, 15) is 18.1 Å². The van der Waals surface area contributed by atoms with Crippen molar-refractivity contribution in [3.63, 3.8) is 0 Å². The van der Waals surface area contributed by atoms with Crippen molar-refractivity contribution in [2.75, 3.05) is 4.72 Å². The summed E-state index contributed by atoms with van der Waals surface area (Å²) in [5.74, 6) is -0.483. The standard InChI is InChI=1S/C17H11BrFN3O2S/c18-12-1-6-17-16(8-12)11(10-21-17)7-15(9-20)25(23,24)22-14-4-2-13(19)3-5-14/h1-8,10,21-22H/b15-7+. The number of aromatic nitrogens is 1. The van der Waals surface area contributed by atoms with Crippen molar-refractivity contribution in [3.05, 3.63) is 69.4 Å². The minimum absolute atomic E-state index is 0.171. The molecule has 0 saturated heterocycles. The molecule has 8 heteroatoms. The van der Waals surface area contributed by atoms with E-state index >= 15 is 0 Å². The maximum absolute atomic E-state index is 12.9. The maximum Gasteiger partial charge on any atom is 0.272 e. The van der Waals surface area contributed by atoms with Crippen LogP contribution in [0.15, 0.2) is 58.0 Å². The molecule has 0 unspecified atom stereocenters. The lowest BCUT2D eigenvalue weighted by molar-refractivity contribution is 0.608. The molecule has 25 heavy (non-hydrogen) atoms. The number of fused-ring (bicyclic) bond motifs is 1. The first-order valence-electron chi connectivity index (χ1n) is 7.06. The van der Waals surface area contributed by atoms with E-state index in [4.69, 9.17) is 0 Å². The van der Waals surface area contributed by atoms with Crippen LogP contribution in [0.5, 0.6) is 0 Å². The molecule has 2 aromatic carbocycles. The summed E-state index contributed by atoms with van der Waals surface area (Å²) in [5, 5.41) is 10.1. The van der Waals surface area contributed by atoms with Gasteiger partial charge in [0.15, 0.2) is 4.91 Å². The third-order valence-electron chi connectivity index (χ3n) is 3.46. The molecule has 126 valence electrons. The molecular formula is C17H11BrFN3O2S. The largest absolute Gasteiger partial charge is 0.361 e. The highest BCUT2D eigenvalue weighted by molar-refractivity contribution is 9.10. The number of nitrogens with one attached hydrogen (secondary N) is 2. The van der Waals surface area contributed by atoms with Crippen molar-refractivity contribution in [3.8, 4) is 6.07 Å². The van der Waals surface area contributed by atoms with Crippen LogP contribution in [0.1, 0.15) is 5.56 Å². The molecule has 3 aromatic rings. The fourth-order valence-corrected chi connectivity index (χ4v) is 3.59. The number of hydrogen-bond donors (Lipinski definition) is 2. The molecular weight excluding hydrogens is 409 g/mol. The number of benzene rings is 2. The van der Waals surface area contributed by atoms with E-state index < -0.39 is 20.7 Å². The third-order valence-corrected chi connectivity index (χ3v) is 5.24. The van der Waals surface area contributed by atoms with Crippen LogP contribution >= 0.6 is 15.9 Å². The Morgan fingerprint density at radius 1 is 1.24 bits per heavy atom. The van der Waals surface area contributed by atoms with Crippen LogP contribution in [-0.4, -0.2) is 13.4 Å². The van der Waals surface area contributed by atoms with Gasteiger partial charge in [-0.25, -0.2) is 12.8 Å². The quantitative estimate of drug-likeness (QED) is 0.615. The van der Waals surface area contributed by atoms with Crippen molar-refractivity contribution < 1.29 is 12.8 Å². The summed E-state index contributed by atoms with van der Waals surface area (Å²) < 4.78 is 40.9. The van der Waals surface area contributed by atoms with Gasteiger partial charge in [-0.05, 0) is 48.5 Å². The average molecular weight is 420 g/mol. The molecule has 0 saturated carbocycles. The van der Waals surface area contributed by atoms with Crippen LogP contribution in [0, 0.1) is 17.1 Å². The summed E-state index contributed by atoms with van der Waals surface area (Å²) in [6.07, 6.45) is 2.92. The number of sulfonamides is 1. The number of halogens is 2. The number of nitriles is 1. The van der Waals surface area contributed by atoms with Gasteiger partial charge in [-0.3, -0.25) is 4.72 Å². The second kappa shape index (κ2) is 6.70. The van der Waals surface area contributed by atoms with E-state index in [0.717, 1.165) is 27.5 Å². The number of anilines is 1. The Morgan fingerprint density at radius 3 is 2.64 bits per heavy atom. The lowest BCUT2D eigenvalue weighted by Crippen LogP contribution is -2.14. The molecule has 3 rings (SSSR count). The van der Waals surface area contributed by atoms with Gasteiger partial charge in [-0.1, -0.05) is 15.9 Å². The second-order valence-electron chi connectivity index (χ2n) is 5.17. The van der Waals surface area contributed by atoms with E-state index in [0.29, 0.717) is 5.56 Å². The van der Waals surface area contributed by atoms with Crippen LogP contribution in [0.25, 0.3) is 17.0 Å². The molecule has 0 aliphatic carbocycles. The van der Waals surface area contributed by atoms with Gasteiger partial charge in [0, 0.05) is 32.8 Å². The van der Waals surface area contributed by atoms with Gasteiger partial charge in [-0.15, -0.1) is 0 Å². The van der Waals surface area contributed by atoms with Crippen molar-refractivity contribution in [1.29, 1.82) is 5.26 Å². The third kappa shape index (κ3) is 3.73. The summed E-state index contributed by atoms with van der Waals surface area (Å²) in [7, 11) is -4.09. The summed E-state index contributed by atoms with van der Waals surface area (Å²) in [4.78, 5) is 2.57. The van der Waals surface area contributed by atoms with Crippen molar-refractivity contribution in [2.45, 2.75) is 0 Å². The fraction of sp³-hybridized carbons (Fsp3) is 0. The van der Waals surface area contributed by atoms with Gasteiger partial charge >= 0.3 is 0 Å². The number of nitrogens with zero attached hydrogens (tertiary/aromatic N) is 1. The normalized spacial score (nSPS) is 12.1. The molecule has 0 fully saturated rings. The van der Waals surface area contributed by atoms with Crippen LogP contribution in [0.3, 0.4) is 0 Å². The van der Waals surface area contributed by atoms with Gasteiger partial charge < -0.3 is 4.98 Å². The Balaban J connectivity index is 2.00.